The van der Waals surface area contributed by atoms with Crippen LogP contribution in [0, 0.1) is 10.1 Å². The van der Waals surface area contributed by atoms with E-state index in [0.29, 0.717) is 24.6 Å². The third kappa shape index (κ3) is 8.58. The summed E-state index contributed by atoms with van der Waals surface area (Å²) in [5.41, 5.74) is 2.13. The number of rotatable bonds is 12. The molecular weight excluding hydrogens is 383 g/mol. The van der Waals surface area contributed by atoms with E-state index in [2.05, 4.69) is 9.74 Å². The Morgan fingerprint density at radius 2 is 1.77 bits per heavy atom. The van der Waals surface area contributed by atoms with Gasteiger partial charge in [-0.1, -0.05) is 12.1 Å². The first-order valence-electron chi connectivity index (χ1n) is 8.28. The van der Waals surface area contributed by atoms with Crippen molar-refractivity contribution < 1.29 is 19.5 Å². The van der Waals surface area contributed by atoms with Gasteiger partial charge in [0.1, 0.15) is 0 Å². The molecule has 9 heteroatoms. The highest BCUT2D eigenvalue weighted by molar-refractivity contribution is 6.18. The third-order valence-corrected chi connectivity index (χ3v) is 3.85. The van der Waals surface area contributed by atoms with Gasteiger partial charge in [-0.3, -0.25) is 9.63 Å². The number of nitrogens with zero attached hydrogens (tertiary/aromatic N) is 2. The van der Waals surface area contributed by atoms with Gasteiger partial charge in [-0.15, -0.1) is 33.3 Å². The van der Waals surface area contributed by atoms with Crippen LogP contribution in [0.4, 0.5) is 5.69 Å². The molecule has 0 amide bonds. The summed E-state index contributed by atoms with van der Waals surface area (Å²) >= 11 is 11.6. The number of halogens is 2. The Bertz CT molecular complexity index is 575. The number of esters is 1. The van der Waals surface area contributed by atoms with Crippen molar-refractivity contribution in [1.29, 1.82) is 0 Å². The molecule has 0 saturated heterocycles. The van der Waals surface area contributed by atoms with Gasteiger partial charge in [0, 0.05) is 50.8 Å². The summed E-state index contributed by atoms with van der Waals surface area (Å²) < 4.78 is 4.96. The van der Waals surface area contributed by atoms with E-state index >= 15 is 0 Å². The van der Waals surface area contributed by atoms with Gasteiger partial charge in [-0.05, 0) is 30.5 Å². The van der Waals surface area contributed by atoms with Crippen molar-refractivity contribution >= 4 is 34.9 Å². The summed E-state index contributed by atoms with van der Waals surface area (Å²) in [5.74, 6) is -1.07. The highest BCUT2D eigenvalue weighted by atomic mass is 35.5. The van der Waals surface area contributed by atoms with Crippen LogP contribution in [0.25, 0.3) is 0 Å². The van der Waals surface area contributed by atoms with Gasteiger partial charge in [0.15, 0.2) is 0 Å². The van der Waals surface area contributed by atoms with Crippen LogP contribution >= 0.6 is 23.2 Å². The lowest BCUT2D eigenvalue weighted by Crippen LogP contribution is -2.33. The lowest BCUT2D eigenvalue weighted by Gasteiger charge is -2.23. The zero-order valence-electron chi connectivity index (χ0n) is 15.0. The van der Waals surface area contributed by atoms with Crippen molar-refractivity contribution in [3.63, 3.8) is 0 Å². The summed E-state index contributed by atoms with van der Waals surface area (Å²) in [4.78, 5) is 28.5. The smallest absolute Gasteiger partial charge is 0.308 e. The number of benzene rings is 1. The highest BCUT2D eigenvalue weighted by Gasteiger charge is 2.26. The molecule has 7 nitrogen and oxygen atoms in total. The number of ether oxygens (including phenoxy) is 1. The fourth-order valence-electron chi connectivity index (χ4n) is 2.41. The molecule has 0 heterocycles. The van der Waals surface area contributed by atoms with Crippen LogP contribution in [0.3, 0.4) is 0 Å². The van der Waals surface area contributed by atoms with E-state index in [9.17, 15) is 14.9 Å². The number of carbonyl (C=O) groups excluding carboxylic acids is 1. The van der Waals surface area contributed by atoms with Crippen LogP contribution in [0.5, 0.6) is 0 Å². The van der Waals surface area contributed by atoms with E-state index < -0.39 is 16.8 Å². The molecule has 0 unspecified atom stereocenters. The number of hydrogen-bond acceptors (Lipinski definition) is 6. The monoisotopic (exact) mass is 406 g/mol. The van der Waals surface area contributed by atoms with Gasteiger partial charge in [0.25, 0.3) is 10.9 Å². The highest BCUT2D eigenvalue weighted by Crippen LogP contribution is 2.18. The molecule has 0 spiro atoms. The van der Waals surface area contributed by atoms with Gasteiger partial charge in [-0.2, -0.15) is 0 Å². The Kier molecular flexibility index (Phi) is 9.51. The van der Waals surface area contributed by atoms with Crippen molar-refractivity contribution in [2.24, 2.45) is 0 Å². The molecule has 26 heavy (non-hydrogen) atoms. The molecule has 0 bridgehead atoms. The lowest BCUT2D eigenvalue weighted by atomic mass is 10.1. The maximum Gasteiger partial charge on any atom is 0.308 e. The summed E-state index contributed by atoms with van der Waals surface area (Å²) in [6, 6.07) is 7.99. The Morgan fingerprint density at radius 1 is 1.19 bits per heavy atom. The van der Waals surface area contributed by atoms with Crippen LogP contribution < -0.4 is 4.90 Å². The Hall–Kier alpha value is -1.73. The lowest BCUT2D eigenvalue weighted by molar-refractivity contribution is -0.791. The minimum absolute atomic E-state index is 0.150. The predicted molar refractivity (Wildman–Crippen MR) is 101 cm³/mol. The third-order valence-electron chi connectivity index (χ3n) is 3.51. The second-order valence-electron chi connectivity index (χ2n) is 6.07. The van der Waals surface area contributed by atoms with Crippen molar-refractivity contribution in [3.8, 4) is 0 Å². The molecule has 0 aromatic heterocycles. The fraction of sp³-hybridized carbons (Fsp3) is 0.588. The van der Waals surface area contributed by atoms with Gasteiger partial charge in [-0.25, -0.2) is 0 Å². The molecule has 0 fully saturated rings. The minimum Gasteiger partial charge on any atom is -0.433 e. The summed E-state index contributed by atoms with van der Waals surface area (Å²) in [6.07, 6.45) is 1.41. The SMILES string of the molecule is CC(C)(OC(=O)CCCc1ccc(N(CCCl)CCCl)cc1)O[N+](=O)[O-]. The normalized spacial score (nSPS) is 11.1. The van der Waals surface area contributed by atoms with Crippen molar-refractivity contribution in [2.75, 3.05) is 29.7 Å². The number of carbonyl (C=O) groups is 1. The van der Waals surface area contributed by atoms with E-state index in [0.717, 1.165) is 24.3 Å². The average molecular weight is 407 g/mol. The van der Waals surface area contributed by atoms with E-state index in [1.165, 1.54) is 13.8 Å². The molecule has 0 saturated carbocycles. The van der Waals surface area contributed by atoms with Gasteiger partial charge in [0.05, 0.1) is 0 Å². The molecule has 0 aliphatic carbocycles. The molecule has 0 radical (unpaired) electrons. The van der Waals surface area contributed by atoms with Gasteiger partial charge in [0.2, 0.25) is 0 Å². The van der Waals surface area contributed by atoms with Crippen LogP contribution in [0.2, 0.25) is 0 Å². The average Bonchev–Trinajstić information content (AvgIpc) is 2.53. The van der Waals surface area contributed by atoms with Crippen LogP contribution in [0.15, 0.2) is 24.3 Å². The van der Waals surface area contributed by atoms with E-state index in [1.54, 1.807) is 0 Å². The van der Waals surface area contributed by atoms with E-state index in [-0.39, 0.29) is 6.42 Å². The molecule has 0 aliphatic heterocycles. The molecule has 1 rings (SSSR count). The number of hydrogen-bond donors (Lipinski definition) is 0. The van der Waals surface area contributed by atoms with Crippen LogP contribution in [-0.4, -0.2) is 41.7 Å². The van der Waals surface area contributed by atoms with Crippen molar-refractivity contribution in [1.82, 2.24) is 0 Å². The van der Waals surface area contributed by atoms with E-state index in [1.807, 2.05) is 24.3 Å². The summed E-state index contributed by atoms with van der Waals surface area (Å²) in [6.45, 7) is 4.09. The summed E-state index contributed by atoms with van der Waals surface area (Å²) in [7, 11) is 0. The second-order valence-corrected chi connectivity index (χ2v) is 6.83. The van der Waals surface area contributed by atoms with E-state index in [4.69, 9.17) is 27.9 Å². The van der Waals surface area contributed by atoms with Gasteiger partial charge < -0.3 is 9.64 Å². The minimum atomic E-state index is -1.59. The molecule has 0 N–H and O–H groups in total. The zero-order valence-corrected chi connectivity index (χ0v) is 16.5. The topological polar surface area (TPSA) is 81.9 Å². The quantitative estimate of drug-likeness (QED) is 0.172. The molecule has 0 atom stereocenters. The molecule has 1 aromatic rings. The standard InChI is InChI=1S/C17H24Cl2N2O5/c1-17(2,26-21(23)24)25-16(22)5-3-4-14-6-8-15(9-7-14)20(12-10-18)13-11-19/h6-9H,3-5,10-13H2,1-2H3. The largest absolute Gasteiger partial charge is 0.433 e. The maximum atomic E-state index is 11.8. The predicted octanol–water partition coefficient (Wildman–Crippen LogP) is 3.78. The number of aryl methyl sites for hydroxylation is 1. The second kappa shape index (κ2) is 11.1. The van der Waals surface area contributed by atoms with Crippen molar-refractivity contribution in [3.05, 3.63) is 39.9 Å². The van der Waals surface area contributed by atoms with Crippen LogP contribution in [0.1, 0.15) is 32.3 Å². The first-order chi connectivity index (χ1) is 12.3. The van der Waals surface area contributed by atoms with Crippen LogP contribution in [-0.2, 0) is 20.8 Å². The molecule has 1 aromatic carbocycles. The first kappa shape index (κ1) is 22.3. The maximum absolute atomic E-state index is 11.8. The Balaban J connectivity index is 2.46. The van der Waals surface area contributed by atoms with Crippen molar-refractivity contribution in [2.45, 2.75) is 38.9 Å². The number of alkyl halides is 2. The molecule has 0 aliphatic rings. The molecule has 146 valence electrons. The fourth-order valence-corrected chi connectivity index (χ4v) is 2.82. The summed E-state index contributed by atoms with van der Waals surface area (Å²) in [5, 5.41) is 9.35. The van der Waals surface area contributed by atoms with Gasteiger partial charge >= 0.3 is 5.97 Å². The first-order valence-corrected chi connectivity index (χ1v) is 9.35. The Morgan fingerprint density at radius 3 is 2.27 bits per heavy atom. The Labute approximate surface area is 163 Å². The zero-order chi connectivity index (χ0) is 19.6. The number of anilines is 1. The molecular formula is C17H24Cl2N2O5.